The Balaban J connectivity index is 2.55. The number of hydrogen-bond donors (Lipinski definition) is 1. The zero-order valence-electron chi connectivity index (χ0n) is 9.90. The number of alkyl halides is 1. The molecule has 1 unspecified atom stereocenters. The molecule has 0 bridgehead atoms. The first-order valence-corrected chi connectivity index (χ1v) is 8.11. The third-order valence-corrected chi connectivity index (χ3v) is 4.62. The second kappa shape index (κ2) is 7.45. The molecule has 0 radical (unpaired) electrons. The van der Waals surface area contributed by atoms with Gasteiger partial charge in [0.25, 0.3) is 0 Å². The summed E-state index contributed by atoms with van der Waals surface area (Å²) in [7, 11) is -1.89. The van der Waals surface area contributed by atoms with Crippen LogP contribution in [0.4, 0.5) is 0 Å². The van der Waals surface area contributed by atoms with Gasteiger partial charge in [-0.1, -0.05) is 33.6 Å². The lowest BCUT2D eigenvalue weighted by atomic mass is 10.3. The SMILES string of the molecule is COCC(Br)CCNS(=O)(=O)c1cccc(Cl)c1. The van der Waals surface area contributed by atoms with Gasteiger partial charge < -0.3 is 4.74 Å². The van der Waals surface area contributed by atoms with Gasteiger partial charge in [0, 0.05) is 23.5 Å². The normalized spacial score (nSPS) is 13.5. The maximum absolute atomic E-state index is 11.9. The predicted molar refractivity (Wildman–Crippen MR) is 75.8 cm³/mol. The lowest BCUT2D eigenvalue weighted by molar-refractivity contribution is 0.199. The Morgan fingerprint density at radius 1 is 1.50 bits per heavy atom. The van der Waals surface area contributed by atoms with Crippen LogP contribution in [0.1, 0.15) is 6.42 Å². The summed E-state index contributed by atoms with van der Waals surface area (Å²) < 4.78 is 31.3. The minimum atomic E-state index is -3.49. The van der Waals surface area contributed by atoms with Crippen molar-refractivity contribution < 1.29 is 13.2 Å². The van der Waals surface area contributed by atoms with Crippen molar-refractivity contribution in [3.63, 3.8) is 0 Å². The zero-order valence-corrected chi connectivity index (χ0v) is 13.1. The van der Waals surface area contributed by atoms with Crippen LogP contribution in [0, 0.1) is 0 Å². The van der Waals surface area contributed by atoms with Crippen molar-refractivity contribution in [3.8, 4) is 0 Å². The Morgan fingerprint density at radius 3 is 2.83 bits per heavy atom. The molecule has 0 aliphatic heterocycles. The molecule has 0 aliphatic rings. The lowest BCUT2D eigenvalue weighted by Gasteiger charge is -2.10. The van der Waals surface area contributed by atoms with E-state index < -0.39 is 10.0 Å². The summed E-state index contributed by atoms with van der Waals surface area (Å²) in [5, 5.41) is 0.399. The number of sulfonamides is 1. The first-order valence-electron chi connectivity index (χ1n) is 5.34. The second-order valence-electron chi connectivity index (χ2n) is 3.70. The third-order valence-electron chi connectivity index (χ3n) is 2.20. The standard InChI is InChI=1S/C11H15BrClNO3S/c1-17-8-9(12)5-6-14-18(15,16)11-4-2-3-10(13)7-11/h2-4,7,9,14H,5-6,8H2,1H3. The van der Waals surface area contributed by atoms with E-state index in [1.165, 1.54) is 12.1 Å². The van der Waals surface area contributed by atoms with Crippen LogP contribution in [0.15, 0.2) is 29.2 Å². The molecule has 18 heavy (non-hydrogen) atoms. The molecule has 1 N–H and O–H groups in total. The van der Waals surface area contributed by atoms with Gasteiger partial charge in [0.15, 0.2) is 0 Å². The number of rotatable bonds is 7. The number of nitrogens with one attached hydrogen (secondary N) is 1. The summed E-state index contributed by atoms with van der Waals surface area (Å²) in [5.41, 5.74) is 0. The molecule has 0 amide bonds. The Kier molecular flexibility index (Phi) is 6.59. The van der Waals surface area contributed by atoms with Crippen LogP contribution in [0.5, 0.6) is 0 Å². The van der Waals surface area contributed by atoms with E-state index in [-0.39, 0.29) is 9.72 Å². The monoisotopic (exact) mass is 355 g/mol. The first kappa shape index (κ1) is 15.9. The van der Waals surface area contributed by atoms with E-state index in [1.807, 2.05) is 0 Å². The zero-order chi connectivity index (χ0) is 13.6. The van der Waals surface area contributed by atoms with E-state index >= 15 is 0 Å². The molecule has 0 spiro atoms. The molecule has 4 nitrogen and oxygen atoms in total. The van der Waals surface area contributed by atoms with E-state index in [0.717, 1.165) is 0 Å². The number of ether oxygens (including phenoxy) is 1. The predicted octanol–water partition coefficient (Wildman–Crippen LogP) is 2.42. The molecule has 1 rings (SSSR count). The molecule has 102 valence electrons. The van der Waals surface area contributed by atoms with E-state index in [1.54, 1.807) is 19.2 Å². The lowest BCUT2D eigenvalue weighted by Crippen LogP contribution is -2.27. The highest BCUT2D eigenvalue weighted by molar-refractivity contribution is 9.09. The van der Waals surface area contributed by atoms with Gasteiger partial charge in [0.05, 0.1) is 11.5 Å². The van der Waals surface area contributed by atoms with Gasteiger partial charge in [-0.3, -0.25) is 0 Å². The van der Waals surface area contributed by atoms with E-state index in [2.05, 4.69) is 20.7 Å². The van der Waals surface area contributed by atoms with Crippen LogP contribution in [-0.4, -0.2) is 33.5 Å². The van der Waals surface area contributed by atoms with Gasteiger partial charge in [-0.15, -0.1) is 0 Å². The average molecular weight is 357 g/mol. The molecule has 0 aliphatic carbocycles. The van der Waals surface area contributed by atoms with Gasteiger partial charge >= 0.3 is 0 Å². The van der Waals surface area contributed by atoms with Gasteiger partial charge in [-0.05, 0) is 24.6 Å². The number of halogens is 2. The Bertz CT molecular complexity index is 481. The highest BCUT2D eigenvalue weighted by Crippen LogP contribution is 2.15. The molecule has 0 saturated carbocycles. The van der Waals surface area contributed by atoms with Crippen molar-refractivity contribution in [1.82, 2.24) is 4.72 Å². The summed E-state index contributed by atoms with van der Waals surface area (Å²) in [6, 6.07) is 6.17. The summed E-state index contributed by atoms with van der Waals surface area (Å²) in [6.45, 7) is 0.882. The molecule has 0 saturated heterocycles. The highest BCUT2D eigenvalue weighted by atomic mass is 79.9. The molecular formula is C11H15BrClNO3S. The Morgan fingerprint density at radius 2 is 2.22 bits per heavy atom. The fourth-order valence-corrected chi connectivity index (χ4v) is 3.17. The van der Waals surface area contributed by atoms with Gasteiger partial charge in [0.2, 0.25) is 10.0 Å². The van der Waals surface area contributed by atoms with Crippen LogP contribution in [0.25, 0.3) is 0 Å². The van der Waals surface area contributed by atoms with Gasteiger partial charge in [-0.2, -0.15) is 0 Å². The quantitative estimate of drug-likeness (QED) is 0.763. The van der Waals surface area contributed by atoms with Crippen molar-refractivity contribution in [2.75, 3.05) is 20.3 Å². The summed E-state index contributed by atoms with van der Waals surface area (Å²) in [5.74, 6) is 0. The molecule has 1 aromatic rings. The van der Waals surface area contributed by atoms with Crippen LogP contribution in [-0.2, 0) is 14.8 Å². The van der Waals surface area contributed by atoms with Gasteiger partial charge in [-0.25, -0.2) is 13.1 Å². The molecule has 0 aromatic heterocycles. The van der Waals surface area contributed by atoms with E-state index in [4.69, 9.17) is 16.3 Å². The molecule has 0 heterocycles. The van der Waals surface area contributed by atoms with Gasteiger partial charge in [0.1, 0.15) is 0 Å². The Hall–Kier alpha value is -0.140. The summed E-state index contributed by atoms with van der Waals surface area (Å²) in [6.07, 6.45) is 0.646. The second-order valence-corrected chi connectivity index (χ2v) is 7.19. The van der Waals surface area contributed by atoms with E-state index in [0.29, 0.717) is 24.6 Å². The third kappa shape index (κ3) is 5.24. The maximum Gasteiger partial charge on any atom is 0.240 e. The van der Waals surface area contributed by atoms with Crippen LogP contribution < -0.4 is 4.72 Å². The highest BCUT2D eigenvalue weighted by Gasteiger charge is 2.14. The van der Waals surface area contributed by atoms with Crippen molar-refractivity contribution in [3.05, 3.63) is 29.3 Å². The molecule has 7 heteroatoms. The van der Waals surface area contributed by atoms with Crippen LogP contribution in [0.2, 0.25) is 5.02 Å². The van der Waals surface area contributed by atoms with Crippen molar-refractivity contribution in [2.45, 2.75) is 16.1 Å². The minimum absolute atomic E-state index is 0.129. The summed E-state index contributed by atoms with van der Waals surface area (Å²) in [4.78, 5) is 0.303. The number of benzene rings is 1. The Labute approximate surface area is 121 Å². The van der Waals surface area contributed by atoms with E-state index in [9.17, 15) is 8.42 Å². The van der Waals surface area contributed by atoms with Crippen molar-refractivity contribution >= 4 is 37.6 Å². The van der Waals surface area contributed by atoms with Crippen molar-refractivity contribution in [2.24, 2.45) is 0 Å². The summed E-state index contributed by atoms with van der Waals surface area (Å²) >= 11 is 9.15. The fourth-order valence-electron chi connectivity index (χ4n) is 1.33. The smallest absolute Gasteiger partial charge is 0.240 e. The first-order chi connectivity index (χ1) is 8.45. The fraction of sp³-hybridized carbons (Fsp3) is 0.455. The van der Waals surface area contributed by atoms with Crippen LogP contribution >= 0.6 is 27.5 Å². The van der Waals surface area contributed by atoms with Crippen LogP contribution in [0.3, 0.4) is 0 Å². The molecule has 0 fully saturated rings. The van der Waals surface area contributed by atoms with Crippen molar-refractivity contribution in [1.29, 1.82) is 0 Å². The minimum Gasteiger partial charge on any atom is -0.384 e. The number of hydrogen-bond acceptors (Lipinski definition) is 3. The average Bonchev–Trinajstić information content (AvgIpc) is 2.29. The largest absolute Gasteiger partial charge is 0.384 e. The number of methoxy groups -OCH3 is 1. The molecule has 1 atom stereocenters. The molecule has 1 aromatic carbocycles. The molecular weight excluding hydrogens is 342 g/mol. The maximum atomic E-state index is 11.9. The topological polar surface area (TPSA) is 55.4 Å².